The smallest absolute Gasteiger partial charge is 0.285 e. The lowest BCUT2D eigenvalue weighted by molar-refractivity contribution is -0.121. The maximum atomic E-state index is 11.8. The number of hydrazone groups is 1. The van der Waals surface area contributed by atoms with E-state index < -0.39 is 0 Å². The van der Waals surface area contributed by atoms with Crippen molar-refractivity contribution in [3.05, 3.63) is 52.7 Å². The molecule has 4 nitrogen and oxygen atoms in total. The standard InChI is InChI=1S/C13H10N2O2S/c16-12-9-17-13(11-7-4-8-18-11)14-15(12)10-5-2-1-3-6-10/h1-8H,9H2. The fourth-order valence-electron chi connectivity index (χ4n) is 1.66. The van der Waals surface area contributed by atoms with Crippen LogP contribution in [0, 0.1) is 0 Å². The first-order valence-electron chi connectivity index (χ1n) is 5.48. The zero-order valence-electron chi connectivity index (χ0n) is 9.45. The molecule has 90 valence electrons. The third-order valence-electron chi connectivity index (χ3n) is 2.49. The van der Waals surface area contributed by atoms with Crippen molar-refractivity contribution in [2.24, 2.45) is 5.10 Å². The van der Waals surface area contributed by atoms with E-state index in [1.54, 1.807) is 0 Å². The maximum absolute atomic E-state index is 11.8. The van der Waals surface area contributed by atoms with Gasteiger partial charge in [0.15, 0.2) is 6.61 Å². The van der Waals surface area contributed by atoms with Gasteiger partial charge in [0.1, 0.15) is 0 Å². The van der Waals surface area contributed by atoms with E-state index in [0.29, 0.717) is 5.90 Å². The Morgan fingerprint density at radius 3 is 2.72 bits per heavy atom. The molecule has 0 unspecified atom stereocenters. The molecule has 0 saturated heterocycles. The van der Waals surface area contributed by atoms with Gasteiger partial charge in [0.05, 0.1) is 10.6 Å². The molecule has 0 spiro atoms. The molecule has 1 amide bonds. The fraction of sp³-hybridized carbons (Fsp3) is 0.0769. The van der Waals surface area contributed by atoms with E-state index in [0.717, 1.165) is 10.6 Å². The molecular formula is C13H10N2O2S. The average molecular weight is 258 g/mol. The van der Waals surface area contributed by atoms with Gasteiger partial charge in [-0.1, -0.05) is 24.3 Å². The van der Waals surface area contributed by atoms with Crippen molar-refractivity contribution in [1.82, 2.24) is 0 Å². The highest BCUT2D eigenvalue weighted by Gasteiger charge is 2.24. The van der Waals surface area contributed by atoms with Crippen LogP contribution in [0.5, 0.6) is 0 Å². The third-order valence-corrected chi connectivity index (χ3v) is 3.35. The molecule has 0 bridgehead atoms. The number of hydrogen-bond acceptors (Lipinski definition) is 4. The zero-order valence-corrected chi connectivity index (χ0v) is 10.3. The minimum absolute atomic E-state index is 0.0195. The Morgan fingerprint density at radius 2 is 2.00 bits per heavy atom. The lowest BCUT2D eigenvalue weighted by Crippen LogP contribution is -2.36. The lowest BCUT2D eigenvalue weighted by atomic mass is 10.3. The first-order chi connectivity index (χ1) is 8.84. The number of nitrogens with zero attached hydrogens (tertiary/aromatic N) is 2. The quantitative estimate of drug-likeness (QED) is 0.830. The minimum Gasteiger partial charge on any atom is -0.465 e. The number of carbonyl (C=O) groups excluding carboxylic acids is 1. The van der Waals surface area contributed by atoms with Crippen LogP contribution in [0.3, 0.4) is 0 Å². The molecule has 0 saturated carbocycles. The van der Waals surface area contributed by atoms with Crippen LogP contribution in [0.25, 0.3) is 0 Å². The van der Waals surface area contributed by atoms with Crippen molar-refractivity contribution in [3.8, 4) is 0 Å². The number of anilines is 1. The summed E-state index contributed by atoms with van der Waals surface area (Å²) in [6.07, 6.45) is 0. The van der Waals surface area contributed by atoms with Gasteiger partial charge < -0.3 is 4.74 Å². The lowest BCUT2D eigenvalue weighted by Gasteiger charge is -2.23. The van der Waals surface area contributed by atoms with Crippen LogP contribution in [0.4, 0.5) is 5.69 Å². The number of thiophene rings is 1. The Hall–Kier alpha value is -2.14. The molecule has 1 aromatic heterocycles. The molecule has 1 aliphatic rings. The summed E-state index contributed by atoms with van der Waals surface area (Å²) >= 11 is 1.53. The van der Waals surface area contributed by atoms with Gasteiger partial charge in [0, 0.05) is 0 Å². The van der Waals surface area contributed by atoms with Crippen molar-refractivity contribution in [2.75, 3.05) is 11.6 Å². The summed E-state index contributed by atoms with van der Waals surface area (Å²) in [6.45, 7) is 0.0195. The van der Waals surface area contributed by atoms with Crippen LogP contribution in [0.1, 0.15) is 4.88 Å². The normalized spacial score (nSPS) is 15.2. The van der Waals surface area contributed by atoms with E-state index in [2.05, 4.69) is 5.10 Å². The van der Waals surface area contributed by atoms with E-state index in [1.165, 1.54) is 16.3 Å². The number of hydrogen-bond donors (Lipinski definition) is 0. The van der Waals surface area contributed by atoms with Crippen LogP contribution in [0.15, 0.2) is 52.9 Å². The summed E-state index contributed by atoms with van der Waals surface area (Å²) < 4.78 is 5.36. The van der Waals surface area contributed by atoms with E-state index in [-0.39, 0.29) is 12.5 Å². The van der Waals surface area contributed by atoms with Gasteiger partial charge in [0.2, 0.25) is 5.90 Å². The zero-order chi connectivity index (χ0) is 12.4. The van der Waals surface area contributed by atoms with Crippen molar-refractivity contribution < 1.29 is 9.53 Å². The second-order valence-corrected chi connectivity index (χ2v) is 4.66. The highest BCUT2D eigenvalue weighted by Crippen LogP contribution is 2.20. The largest absolute Gasteiger partial charge is 0.465 e. The average Bonchev–Trinajstić information content (AvgIpc) is 2.94. The molecule has 2 heterocycles. The molecule has 18 heavy (non-hydrogen) atoms. The van der Waals surface area contributed by atoms with Crippen molar-refractivity contribution >= 4 is 28.8 Å². The van der Waals surface area contributed by atoms with Crippen LogP contribution in [0.2, 0.25) is 0 Å². The number of amides is 1. The molecule has 0 fully saturated rings. The van der Waals surface area contributed by atoms with Crippen molar-refractivity contribution in [1.29, 1.82) is 0 Å². The Bertz CT molecular complexity index is 578. The van der Waals surface area contributed by atoms with Gasteiger partial charge in [-0.25, -0.2) is 0 Å². The molecule has 0 radical (unpaired) electrons. The van der Waals surface area contributed by atoms with Gasteiger partial charge in [-0.05, 0) is 23.6 Å². The SMILES string of the molecule is O=C1COC(c2cccs2)=NN1c1ccccc1. The van der Waals surface area contributed by atoms with E-state index in [4.69, 9.17) is 4.74 Å². The van der Waals surface area contributed by atoms with Gasteiger partial charge in [-0.15, -0.1) is 16.4 Å². The highest BCUT2D eigenvalue weighted by molar-refractivity contribution is 7.12. The summed E-state index contributed by atoms with van der Waals surface area (Å²) in [5.41, 5.74) is 0.750. The second-order valence-electron chi connectivity index (χ2n) is 3.71. The molecule has 3 rings (SSSR count). The van der Waals surface area contributed by atoms with Crippen LogP contribution < -0.4 is 5.01 Å². The molecule has 0 aliphatic carbocycles. The monoisotopic (exact) mass is 258 g/mol. The summed E-state index contributed by atoms with van der Waals surface area (Å²) in [5.74, 6) is 0.329. The fourth-order valence-corrected chi connectivity index (χ4v) is 2.32. The summed E-state index contributed by atoms with van der Waals surface area (Å²) in [6, 6.07) is 13.2. The van der Waals surface area contributed by atoms with Crippen LogP contribution in [-0.4, -0.2) is 18.4 Å². The second kappa shape index (κ2) is 4.62. The number of rotatable bonds is 2. The summed E-state index contributed by atoms with van der Waals surface area (Å²) in [4.78, 5) is 12.7. The Labute approximate surface area is 108 Å². The molecule has 2 aromatic rings. The minimum atomic E-state index is -0.165. The third kappa shape index (κ3) is 2.00. The summed E-state index contributed by atoms with van der Waals surface area (Å²) in [5, 5.41) is 7.60. The van der Waals surface area contributed by atoms with E-state index in [9.17, 15) is 4.79 Å². The Morgan fingerprint density at radius 1 is 1.17 bits per heavy atom. The topological polar surface area (TPSA) is 41.9 Å². The molecule has 1 aromatic carbocycles. The number of carbonyl (C=O) groups is 1. The van der Waals surface area contributed by atoms with Gasteiger partial charge >= 0.3 is 0 Å². The van der Waals surface area contributed by atoms with Crippen LogP contribution in [-0.2, 0) is 9.53 Å². The molecular weight excluding hydrogens is 248 g/mol. The molecule has 0 N–H and O–H groups in total. The maximum Gasteiger partial charge on any atom is 0.285 e. The molecule has 5 heteroatoms. The molecule has 1 aliphatic heterocycles. The first-order valence-corrected chi connectivity index (χ1v) is 6.36. The predicted molar refractivity (Wildman–Crippen MR) is 70.7 cm³/mol. The Kier molecular flexibility index (Phi) is 2.82. The van der Waals surface area contributed by atoms with Crippen molar-refractivity contribution in [3.63, 3.8) is 0 Å². The van der Waals surface area contributed by atoms with Gasteiger partial charge in [-0.2, -0.15) is 5.01 Å². The van der Waals surface area contributed by atoms with E-state index in [1.807, 2.05) is 47.8 Å². The van der Waals surface area contributed by atoms with Crippen molar-refractivity contribution in [2.45, 2.75) is 0 Å². The van der Waals surface area contributed by atoms with E-state index >= 15 is 0 Å². The predicted octanol–water partition coefficient (Wildman–Crippen LogP) is 2.47. The summed E-state index contributed by atoms with van der Waals surface area (Å²) in [7, 11) is 0. The number of ether oxygens (including phenoxy) is 1. The van der Waals surface area contributed by atoms with Gasteiger partial charge in [-0.3, -0.25) is 4.79 Å². The number of para-hydroxylation sites is 1. The first kappa shape index (κ1) is 11.0. The van der Waals surface area contributed by atoms with Gasteiger partial charge in [0.25, 0.3) is 5.91 Å². The highest BCUT2D eigenvalue weighted by atomic mass is 32.1. The Balaban J connectivity index is 1.98. The molecule has 0 atom stereocenters. The number of benzene rings is 1. The van der Waals surface area contributed by atoms with Crippen LogP contribution >= 0.6 is 11.3 Å².